The van der Waals surface area contributed by atoms with E-state index in [2.05, 4.69) is 14.2 Å². The Morgan fingerprint density at radius 2 is 1.03 bits per heavy atom. The second kappa shape index (κ2) is 11.6. The van der Waals surface area contributed by atoms with E-state index < -0.39 is 87.4 Å². The largest absolute Gasteiger partial charge is 0.468 e. The Labute approximate surface area is 175 Å². The number of alkyl halides is 9. The lowest BCUT2D eigenvalue weighted by Crippen LogP contribution is -2.44. The van der Waals surface area contributed by atoms with Crippen molar-refractivity contribution < 1.29 is 68.1 Å². The molecule has 0 fully saturated rings. The molecular formula is C16H20F9NO6. The predicted octanol–water partition coefficient (Wildman–Crippen LogP) is 3.02. The normalized spacial score (nSPS) is 13.0. The number of carbonyl (C=O) groups is 3. The van der Waals surface area contributed by atoms with Gasteiger partial charge in [0.05, 0.1) is 40.1 Å². The van der Waals surface area contributed by atoms with Crippen molar-refractivity contribution in [2.24, 2.45) is 5.41 Å². The molecule has 188 valence electrons. The zero-order valence-corrected chi connectivity index (χ0v) is 16.7. The van der Waals surface area contributed by atoms with Crippen molar-refractivity contribution in [1.82, 2.24) is 4.90 Å². The number of hydrogen-bond acceptors (Lipinski definition) is 6. The van der Waals surface area contributed by atoms with Crippen LogP contribution in [0.2, 0.25) is 0 Å². The van der Waals surface area contributed by atoms with E-state index in [0.717, 1.165) is 14.2 Å². The Bertz CT molecular complexity index is 587. The summed E-state index contributed by atoms with van der Waals surface area (Å²) in [5, 5.41) is 0. The lowest BCUT2D eigenvalue weighted by molar-refractivity contribution is -0.235. The van der Waals surface area contributed by atoms with Crippen LogP contribution in [0.15, 0.2) is 0 Å². The van der Waals surface area contributed by atoms with E-state index in [1.807, 2.05) is 0 Å². The monoisotopic (exact) mass is 493 g/mol. The van der Waals surface area contributed by atoms with Gasteiger partial charge in [0.2, 0.25) is 5.91 Å². The van der Waals surface area contributed by atoms with Gasteiger partial charge in [-0.05, 0) is 0 Å². The van der Waals surface area contributed by atoms with Gasteiger partial charge < -0.3 is 19.1 Å². The van der Waals surface area contributed by atoms with Crippen molar-refractivity contribution in [3.63, 3.8) is 0 Å². The van der Waals surface area contributed by atoms with Crippen molar-refractivity contribution in [2.75, 3.05) is 40.5 Å². The molecule has 0 rings (SSSR count). The molecule has 32 heavy (non-hydrogen) atoms. The fourth-order valence-corrected chi connectivity index (χ4v) is 2.74. The van der Waals surface area contributed by atoms with Crippen molar-refractivity contribution in [3.8, 4) is 0 Å². The topological polar surface area (TPSA) is 82.1 Å². The van der Waals surface area contributed by atoms with Crippen LogP contribution in [0, 0.1) is 5.41 Å². The maximum atomic E-state index is 12.8. The van der Waals surface area contributed by atoms with E-state index in [4.69, 9.17) is 0 Å². The quantitative estimate of drug-likeness (QED) is 0.325. The predicted molar refractivity (Wildman–Crippen MR) is 85.9 cm³/mol. The first-order chi connectivity index (χ1) is 14.3. The third-order valence-corrected chi connectivity index (χ3v) is 3.81. The molecule has 0 aromatic heterocycles. The highest BCUT2D eigenvalue weighted by Crippen LogP contribution is 2.48. The molecule has 0 aliphatic rings. The van der Waals surface area contributed by atoms with Crippen molar-refractivity contribution in [3.05, 3.63) is 0 Å². The summed E-state index contributed by atoms with van der Waals surface area (Å²) in [5.41, 5.74) is -3.50. The minimum absolute atomic E-state index is 0.441. The number of ether oxygens (including phenoxy) is 3. The van der Waals surface area contributed by atoms with Gasteiger partial charge in [-0.2, -0.15) is 39.5 Å². The molecule has 0 aliphatic carbocycles. The number of amides is 1. The summed E-state index contributed by atoms with van der Waals surface area (Å²) in [4.78, 5) is 35.2. The van der Waals surface area contributed by atoms with Gasteiger partial charge in [-0.25, -0.2) is 0 Å². The second-order valence-corrected chi connectivity index (χ2v) is 6.77. The molecule has 0 saturated heterocycles. The third kappa shape index (κ3) is 13.2. The van der Waals surface area contributed by atoms with E-state index >= 15 is 0 Å². The summed E-state index contributed by atoms with van der Waals surface area (Å²) >= 11 is 0. The number of esters is 2. The fraction of sp³-hybridized carbons (Fsp3) is 0.812. The Morgan fingerprint density at radius 3 is 1.31 bits per heavy atom. The fourth-order valence-electron chi connectivity index (χ4n) is 2.74. The number of methoxy groups -OCH3 is 2. The van der Waals surface area contributed by atoms with Gasteiger partial charge in [-0.15, -0.1) is 0 Å². The summed E-state index contributed by atoms with van der Waals surface area (Å²) in [5.74, 6) is -3.40. The van der Waals surface area contributed by atoms with Crippen molar-refractivity contribution >= 4 is 17.8 Å². The summed E-state index contributed by atoms with van der Waals surface area (Å²) in [6.45, 7) is -4.79. The summed E-state index contributed by atoms with van der Waals surface area (Å²) < 4.78 is 128. The molecule has 0 aromatic carbocycles. The zero-order chi connectivity index (χ0) is 25.4. The molecule has 0 bridgehead atoms. The zero-order valence-electron chi connectivity index (χ0n) is 16.7. The molecule has 0 radical (unpaired) electrons. The van der Waals surface area contributed by atoms with E-state index in [-0.39, 0.29) is 0 Å². The molecule has 0 aliphatic heterocycles. The standard InChI is InChI=1S/C16H20F9NO6/c1-30-11(28)3-26(4-12(29)31-2)10(27)5-32-9-13(6-14(17,18)19,7-15(20,21)22)8-16(23,24)25/h3-9H2,1-2H3. The molecule has 0 unspecified atom stereocenters. The van der Waals surface area contributed by atoms with Crippen LogP contribution in [-0.2, 0) is 28.6 Å². The first-order valence-electron chi connectivity index (χ1n) is 8.51. The van der Waals surface area contributed by atoms with Gasteiger partial charge in [0.25, 0.3) is 0 Å². The Morgan fingerprint density at radius 1 is 0.688 bits per heavy atom. The number of halogens is 9. The Hall–Kier alpha value is -2.26. The van der Waals surface area contributed by atoms with Crippen LogP contribution in [0.3, 0.4) is 0 Å². The van der Waals surface area contributed by atoms with Gasteiger partial charge in [0.15, 0.2) is 0 Å². The number of hydrogen-bond donors (Lipinski definition) is 0. The van der Waals surface area contributed by atoms with E-state index in [1.165, 1.54) is 0 Å². The minimum Gasteiger partial charge on any atom is -0.468 e. The maximum absolute atomic E-state index is 12.8. The lowest BCUT2D eigenvalue weighted by atomic mass is 9.78. The molecule has 1 amide bonds. The molecule has 0 spiro atoms. The number of carbonyl (C=O) groups excluding carboxylic acids is 3. The molecule has 0 saturated carbocycles. The smallest absolute Gasteiger partial charge is 0.389 e. The summed E-state index contributed by atoms with van der Waals surface area (Å²) in [7, 11) is 1.83. The summed E-state index contributed by atoms with van der Waals surface area (Å²) in [6, 6.07) is 0. The van der Waals surface area contributed by atoms with Crippen molar-refractivity contribution in [1.29, 1.82) is 0 Å². The van der Waals surface area contributed by atoms with E-state index in [9.17, 15) is 53.9 Å². The van der Waals surface area contributed by atoms with E-state index in [0.29, 0.717) is 4.90 Å². The van der Waals surface area contributed by atoms with Gasteiger partial charge >= 0.3 is 30.5 Å². The Balaban J connectivity index is 5.59. The van der Waals surface area contributed by atoms with Gasteiger partial charge in [-0.3, -0.25) is 14.4 Å². The highest BCUT2D eigenvalue weighted by atomic mass is 19.4. The molecular weight excluding hydrogens is 473 g/mol. The summed E-state index contributed by atoms with van der Waals surface area (Å²) in [6.07, 6.45) is -23.7. The van der Waals surface area contributed by atoms with Gasteiger partial charge in [-0.1, -0.05) is 0 Å². The van der Waals surface area contributed by atoms with Crippen LogP contribution < -0.4 is 0 Å². The highest BCUT2D eigenvalue weighted by Gasteiger charge is 2.54. The van der Waals surface area contributed by atoms with Gasteiger partial charge in [0.1, 0.15) is 19.7 Å². The van der Waals surface area contributed by atoms with Crippen LogP contribution in [0.1, 0.15) is 19.3 Å². The lowest BCUT2D eigenvalue weighted by Gasteiger charge is -2.35. The van der Waals surface area contributed by atoms with Crippen LogP contribution in [0.5, 0.6) is 0 Å². The van der Waals surface area contributed by atoms with Crippen molar-refractivity contribution in [2.45, 2.75) is 37.8 Å². The second-order valence-electron chi connectivity index (χ2n) is 6.77. The van der Waals surface area contributed by atoms with Crippen LogP contribution in [0.4, 0.5) is 39.5 Å². The van der Waals surface area contributed by atoms with Crippen LogP contribution >= 0.6 is 0 Å². The molecule has 0 aromatic rings. The Kier molecular flexibility index (Phi) is 10.7. The average Bonchev–Trinajstić information content (AvgIpc) is 2.55. The molecule has 0 atom stereocenters. The molecule has 0 N–H and O–H groups in total. The number of rotatable bonds is 11. The van der Waals surface area contributed by atoms with Crippen LogP contribution in [0.25, 0.3) is 0 Å². The SMILES string of the molecule is COC(=O)CN(CC(=O)OC)C(=O)COCC(CC(F)(F)F)(CC(F)(F)F)CC(F)(F)F. The number of nitrogens with zero attached hydrogens (tertiary/aromatic N) is 1. The first-order valence-corrected chi connectivity index (χ1v) is 8.51. The molecule has 0 heterocycles. The van der Waals surface area contributed by atoms with E-state index in [1.54, 1.807) is 0 Å². The van der Waals surface area contributed by atoms with Crippen LogP contribution in [-0.4, -0.2) is 81.8 Å². The third-order valence-electron chi connectivity index (χ3n) is 3.81. The highest BCUT2D eigenvalue weighted by molar-refractivity contribution is 5.86. The molecule has 7 nitrogen and oxygen atoms in total. The average molecular weight is 493 g/mol. The first kappa shape index (κ1) is 29.7. The maximum Gasteiger partial charge on any atom is 0.389 e. The van der Waals surface area contributed by atoms with Gasteiger partial charge in [0, 0.05) is 5.41 Å². The minimum atomic E-state index is -5.41. The molecule has 16 heteroatoms.